The van der Waals surface area contributed by atoms with Gasteiger partial charge in [0.25, 0.3) is 15.9 Å². The molecule has 62 heavy (non-hydrogen) atoms. The predicted molar refractivity (Wildman–Crippen MR) is 230 cm³/mol. The molecule has 4 aromatic rings. The predicted octanol–water partition coefficient (Wildman–Crippen LogP) is 4.41. The van der Waals surface area contributed by atoms with Gasteiger partial charge >= 0.3 is 6.09 Å². The van der Waals surface area contributed by atoms with Crippen LogP contribution in [-0.2, 0) is 33.9 Å². The molecule has 0 bridgehead atoms. The number of benzene rings is 3. The van der Waals surface area contributed by atoms with Crippen LogP contribution in [0, 0.1) is 5.92 Å². The number of alkyl carbamates (subject to hydrolysis) is 1. The van der Waals surface area contributed by atoms with Crippen molar-refractivity contribution in [3.63, 3.8) is 0 Å². The number of likely N-dealkylation sites (tertiary alicyclic amines) is 1. The zero-order valence-electron chi connectivity index (χ0n) is 34.9. The number of nitrogens with zero attached hydrogens (tertiary/aromatic N) is 2. The van der Waals surface area contributed by atoms with Gasteiger partial charge in [0.15, 0.2) is 0 Å². The van der Waals surface area contributed by atoms with E-state index in [0.29, 0.717) is 28.1 Å². The number of pyridine rings is 1. The van der Waals surface area contributed by atoms with Gasteiger partial charge in [0, 0.05) is 42.0 Å². The normalized spacial score (nSPS) is 19.9. The second-order valence-electron chi connectivity index (χ2n) is 16.0. The number of hydrogen-bond donors (Lipinski definition) is 4. The van der Waals surface area contributed by atoms with Crippen LogP contribution in [-0.4, -0.2) is 97.6 Å². The van der Waals surface area contributed by atoms with Crippen LogP contribution in [0.2, 0.25) is 0 Å². The van der Waals surface area contributed by atoms with Gasteiger partial charge in [-0.2, -0.15) is 0 Å². The molecule has 16 nitrogen and oxygen atoms in total. The van der Waals surface area contributed by atoms with Crippen molar-refractivity contribution in [1.82, 2.24) is 30.6 Å². The van der Waals surface area contributed by atoms with Crippen molar-refractivity contribution in [3.8, 4) is 22.8 Å². The second-order valence-corrected chi connectivity index (χ2v) is 17.7. The Morgan fingerprint density at radius 2 is 1.68 bits per heavy atom. The van der Waals surface area contributed by atoms with E-state index in [1.54, 1.807) is 58.2 Å². The number of fused-ring (bicyclic) bond motifs is 1. The monoisotopic (exact) mass is 866 g/mol. The van der Waals surface area contributed by atoms with E-state index in [1.807, 2.05) is 30.3 Å². The molecule has 4 N–H and O–H groups in total. The molecule has 2 aliphatic rings. The highest BCUT2D eigenvalue weighted by Gasteiger charge is 2.61. The summed E-state index contributed by atoms with van der Waals surface area (Å²) in [5, 5.41) is 8.59. The Balaban J connectivity index is 1.35. The molecule has 5 amide bonds. The van der Waals surface area contributed by atoms with Gasteiger partial charge in [0.2, 0.25) is 17.7 Å². The van der Waals surface area contributed by atoms with Crippen LogP contribution in [0.1, 0.15) is 40.0 Å². The lowest BCUT2D eigenvalue weighted by Crippen LogP contribution is -2.58. The summed E-state index contributed by atoms with van der Waals surface area (Å²) in [4.78, 5) is 74.2. The number of rotatable bonds is 16. The average Bonchev–Trinajstić information content (AvgIpc) is 3.81. The van der Waals surface area contributed by atoms with Crippen LogP contribution in [0.25, 0.3) is 22.2 Å². The first-order valence-electron chi connectivity index (χ1n) is 19.9. The molecule has 1 saturated carbocycles. The van der Waals surface area contributed by atoms with Crippen molar-refractivity contribution in [2.75, 3.05) is 20.2 Å². The minimum absolute atomic E-state index is 0.0412. The van der Waals surface area contributed by atoms with E-state index >= 15 is 0 Å². The number of nitrogens with one attached hydrogen (secondary N) is 4. The van der Waals surface area contributed by atoms with Crippen molar-refractivity contribution < 1.29 is 46.6 Å². The minimum Gasteiger partial charge on any atom is -0.497 e. The lowest BCUT2D eigenvalue weighted by atomic mass is 10.1. The van der Waals surface area contributed by atoms with E-state index in [9.17, 15) is 32.4 Å². The Bertz CT molecular complexity index is 2480. The van der Waals surface area contributed by atoms with E-state index in [1.165, 1.54) is 35.2 Å². The number of sulfonamides is 1. The topological polar surface area (TPSA) is 211 Å². The van der Waals surface area contributed by atoms with Crippen molar-refractivity contribution in [1.29, 1.82) is 0 Å². The number of hydrogen-bond acceptors (Lipinski definition) is 11. The third-order valence-electron chi connectivity index (χ3n) is 10.4. The van der Waals surface area contributed by atoms with Crippen molar-refractivity contribution in [2.24, 2.45) is 5.92 Å². The molecule has 2 fully saturated rings. The first kappa shape index (κ1) is 44.8. The van der Waals surface area contributed by atoms with E-state index in [4.69, 9.17) is 19.2 Å². The fourth-order valence-electron chi connectivity index (χ4n) is 7.24. The van der Waals surface area contributed by atoms with Crippen molar-refractivity contribution >= 4 is 50.6 Å². The summed E-state index contributed by atoms with van der Waals surface area (Å²) >= 11 is 0. The van der Waals surface area contributed by atoms with Crippen molar-refractivity contribution in [2.45, 2.75) is 74.3 Å². The summed E-state index contributed by atoms with van der Waals surface area (Å²) in [6.45, 7) is 12.0. The molecular weight excluding hydrogens is 817 g/mol. The molecule has 1 saturated heterocycles. The lowest BCUT2D eigenvalue weighted by molar-refractivity contribution is -0.141. The van der Waals surface area contributed by atoms with Gasteiger partial charge in [-0.1, -0.05) is 61.2 Å². The van der Waals surface area contributed by atoms with E-state index in [2.05, 4.69) is 33.8 Å². The van der Waals surface area contributed by atoms with Gasteiger partial charge in [-0.15, -0.1) is 6.58 Å². The zero-order chi connectivity index (χ0) is 44.8. The quantitative estimate of drug-likeness (QED) is 0.0916. The van der Waals surface area contributed by atoms with Crippen LogP contribution < -0.4 is 30.1 Å². The molecule has 1 aliphatic carbocycles. The number of ether oxygens (including phenoxy) is 3. The molecule has 6 rings (SSSR count). The molecule has 2 heterocycles. The summed E-state index contributed by atoms with van der Waals surface area (Å²) in [5.74, 6) is -2.62. The fraction of sp³-hybridized carbons (Fsp3) is 0.333. The van der Waals surface area contributed by atoms with Gasteiger partial charge < -0.3 is 35.1 Å². The smallest absolute Gasteiger partial charge is 0.408 e. The van der Waals surface area contributed by atoms with E-state index in [0.717, 1.165) is 11.6 Å². The maximum atomic E-state index is 14.7. The van der Waals surface area contributed by atoms with E-state index < -0.39 is 75.0 Å². The highest BCUT2D eigenvalue weighted by molar-refractivity contribution is 7.90. The Morgan fingerprint density at radius 1 is 0.984 bits per heavy atom. The van der Waals surface area contributed by atoms with Crippen molar-refractivity contribution in [3.05, 3.63) is 110 Å². The minimum atomic E-state index is -4.33. The van der Waals surface area contributed by atoms with Crippen LogP contribution in [0.15, 0.2) is 115 Å². The van der Waals surface area contributed by atoms with Gasteiger partial charge in [-0.25, -0.2) is 22.9 Å². The van der Waals surface area contributed by atoms with Crippen LogP contribution in [0.3, 0.4) is 0 Å². The molecule has 0 spiro atoms. The zero-order valence-corrected chi connectivity index (χ0v) is 35.7. The van der Waals surface area contributed by atoms with Gasteiger partial charge in [-0.05, 0) is 64.0 Å². The highest BCUT2D eigenvalue weighted by atomic mass is 32.2. The maximum absolute atomic E-state index is 14.7. The Labute approximate surface area is 360 Å². The Kier molecular flexibility index (Phi) is 13.3. The number of methoxy groups -OCH3 is 1. The molecule has 5 atom stereocenters. The molecule has 1 aliphatic heterocycles. The second kappa shape index (κ2) is 18.5. The van der Waals surface area contributed by atoms with Crippen LogP contribution >= 0.6 is 0 Å². The molecule has 0 radical (unpaired) electrons. The Hall–Kier alpha value is -6.75. The van der Waals surface area contributed by atoms with Crippen LogP contribution in [0.5, 0.6) is 11.5 Å². The maximum Gasteiger partial charge on any atom is 0.408 e. The standard InChI is InChI=1S/C45H50N6O10S/c1-7-29-26-45(29,42(55)50-62(57,58)32-17-13-10-14-18-32)49-40(53)37-24-31(27-51(37)41(54)34(21-22-46-39(52)8-2)48-43(56)61-44(3,4)5)60-38-25-35(28-15-11-9-12-16-28)47-36-23-30(59-6)19-20-33(36)38/h7-20,23,25,29,31,34,37H,1-2,21-22,24,26-27H2,3-6H3,(H,46,52)(H,48,56)(H,49,53)(H,50,55)/t29-,31-,34+,37+,45-/m1/s1. The first-order valence-corrected chi connectivity index (χ1v) is 21.4. The number of carbonyl (C=O) groups is 5. The van der Waals surface area contributed by atoms with E-state index in [-0.39, 0.29) is 37.2 Å². The van der Waals surface area contributed by atoms with Gasteiger partial charge in [-0.3, -0.25) is 19.2 Å². The first-order chi connectivity index (χ1) is 29.5. The highest BCUT2D eigenvalue weighted by Crippen LogP contribution is 2.45. The summed E-state index contributed by atoms with van der Waals surface area (Å²) < 4.78 is 46.2. The summed E-state index contributed by atoms with van der Waals surface area (Å²) in [6, 6.07) is 21.2. The molecule has 1 aromatic heterocycles. The number of amides is 5. The molecular formula is C45H50N6O10S. The molecule has 17 heteroatoms. The molecule has 0 unspecified atom stereocenters. The van der Waals surface area contributed by atoms with Gasteiger partial charge in [0.1, 0.15) is 40.8 Å². The average molecular weight is 867 g/mol. The third-order valence-corrected chi connectivity index (χ3v) is 11.8. The largest absolute Gasteiger partial charge is 0.497 e. The summed E-state index contributed by atoms with van der Waals surface area (Å²) in [6.07, 6.45) is 0.634. The molecule has 3 aromatic carbocycles. The van der Waals surface area contributed by atoms with Crippen LogP contribution in [0.4, 0.5) is 4.79 Å². The number of aromatic nitrogens is 1. The summed E-state index contributed by atoms with van der Waals surface area (Å²) in [7, 11) is -2.78. The van der Waals surface area contributed by atoms with Gasteiger partial charge in [0.05, 0.1) is 29.8 Å². The lowest BCUT2D eigenvalue weighted by Gasteiger charge is -2.30. The summed E-state index contributed by atoms with van der Waals surface area (Å²) in [5.41, 5.74) is -0.669. The molecule has 326 valence electrons. The Morgan fingerprint density at radius 3 is 2.31 bits per heavy atom. The fourth-order valence-corrected chi connectivity index (χ4v) is 8.30. The number of carbonyl (C=O) groups excluding carboxylic acids is 5. The third kappa shape index (κ3) is 10.4. The SMILES string of the molecule is C=CC(=O)NCC[C@H](NC(=O)OC(C)(C)C)C(=O)N1C[C@H](Oc2cc(-c3ccccc3)nc3cc(OC)ccc23)C[C@H]1C(=O)N[C@]1(C(=O)NS(=O)(=O)c2ccccc2)C[C@H]1C=C.